The summed E-state index contributed by atoms with van der Waals surface area (Å²) in [6.45, 7) is 1.67. The molecule has 3 aromatic carbocycles. The summed E-state index contributed by atoms with van der Waals surface area (Å²) < 4.78 is 5.83. The quantitative estimate of drug-likeness (QED) is 0.423. The second kappa shape index (κ2) is 9.58. The SMILES string of the molecule is CN(C)CCCOc1ccc(N=C(c2ccccc2)C2C(=O)Nc3ccccc32)cc1. The van der Waals surface area contributed by atoms with E-state index in [1.165, 1.54) is 0 Å². The molecule has 0 aliphatic carbocycles. The van der Waals surface area contributed by atoms with Gasteiger partial charge in [-0.05, 0) is 62.0 Å². The van der Waals surface area contributed by atoms with E-state index in [0.29, 0.717) is 6.61 Å². The fourth-order valence-electron chi connectivity index (χ4n) is 3.71. The van der Waals surface area contributed by atoms with Gasteiger partial charge in [0.15, 0.2) is 0 Å². The van der Waals surface area contributed by atoms with Gasteiger partial charge < -0.3 is 15.0 Å². The molecule has 0 saturated carbocycles. The van der Waals surface area contributed by atoms with Crippen LogP contribution in [0.4, 0.5) is 11.4 Å². The van der Waals surface area contributed by atoms with E-state index in [1.54, 1.807) is 0 Å². The average Bonchev–Trinajstić information content (AvgIpc) is 3.12. The zero-order valence-electron chi connectivity index (χ0n) is 17.9. The maximum atomic E-state index is 12.9. The van der Waals surface area contributed by atoms with Gasteiger partial charge in [-0.3, -0.25) is 9.79 Å². The molecule has 0 fully saturated rings. The van der Waals surface area contributed by atoms with E-state index in [9.17, 15) is 4.79 Å². The van der Waals surface area contributed by atoms with Gasteiger partial charge in [0.05, 0.1) is 18.0 Å². The summed E-state index contributed by atoms with van der Waals surface area (Å²) in [6.07, 6.45) is 0.973. The van der Waals surface area contributed by atoms with E-state index in [4.69, 9.17) is 9.73 Å². The fraction of sp³-hybridized carbons (Fsp3) is 0.231. The minimum absolute atomic E-state index is 0.0513. The molecule has 5 nitrogen and oxygen atoms in total. The Morgan fingerprint density at radius 1 is 0.968 bits per heavy atom. The van der Waals surface area contributed by atoms with Crippen molar-refractivity contribution in [1.29, 1.82) is 0 Å². The number of aliphatic imine (C=N–C) groups is 1. The van der Waals surface area contributed by atoms with Crippen LogP contribution >= 0.6 is 0 Å². The molecule has 1 aliphatic heterocycles. The molecule has 1 atom stereocenters. The molecular formula is C26H27N3O2. The molecule has 1 N–H and O–H groups in total. The highest BCUT2D eigenvalue weighted by molar-refractivity contribution is 6.24. The van der Waals surface area contributed by atoms with Crippen molar-refractivity contribution in [2.24, 2.45) is 4.99 Å². The summed E-state index contributed by atoms with van der Waals surface area (Å²) in [7, 11) is 4.11. The highest BCUT2D eigenvalue weighted by atomic mass is 16.5. The maximum absolute atomic E-state index is 12.9. The van der Waals surface area contributed by atoms with Crippen LogP contribution in [0.5, 0.6) is 5.75 Å². The van der Waals surface area contributed by atoms with Gasteiger partial charge in [0.2, 0.25) is 5.91 Å². The number of carbonyl (C=O) groups is 1. The molecule has 1 amide bonds. The van der Waals surface area contributed by atoms with Crippen LogP contribution in [0.3, 0.4) is 0 Å². The standard InChI is InChI=1S/C26H27N3O2/c1-29(2)17-8-18-31-21-15-13-20(14-16-21)27-25(19-9-4-3-5-10-19)24-22-11-6-7-12-23(22)28-26(24)30/h3-7,9-16,24H,8,17-18H2,1-2H3,(H,28,30). The van der Waals surface area contributed by atoms with Gasteiger partial charge in [-0.1, -0.05) is 48.5 Å². The number of anilines is 1. The molecule has 0 aromatic heterocycles. The number of ether oxygens (including phenoxy) is 1. The topological polar surface area (TPSA) is 53.9 Å². The van der Waals surface area contributed by atoms with E-state index in [1.807, 2.05) is 78.9 Å². The van der Waals surface area contributed by atoms with Crippen LogP contribution in [0.1, 0.15) is 23.5 Å². The summed E-state index contributed by atoms with van der Waals surface area (Å²) in [5.74, 6) is 0.327. The average molecular weight is 414 g/mol. The van der Waals surface area contributed by atoms with E-state index < -0.39 is 5.92 Å². The lowest BCUT2D eigenvalue weighted by molar-refractivity contribution is -0.115. The van der Waals surface area contributed by atoms with Crippen molar-refractivity contribution in [3.05, 3.63) is 90.0 Å². The van der Waals surface area contributed by atoms with Gasteiger partial charge in [-0.15, -0.1) is 0 Å². The first-order valence-corrected chi connectivity index (χ1v) is 10.5. The number of fused-ring (bicyclic) bond motifs is 1. The Morgan fingerprint density at radius 3 is 2.42 bits per heavy atom. The van der Waals surface area contributed by atoms with Gasteiger partial charge in [0.25, 0.3) is 0 Å². The predicted molar refractivity (Wildman–Crippen MR) is 126 cm³/mol. The highest BCUT2D eigenvalue weighted by Gasteiger charge is 2.35. The summed E-state index contributed by atoms with van der Waals surface area (Å²) >= 11 is 0. The van der Waals surface area contributed by atoms with E-state index >= 15 is 0 Å². The lowest BCUT2D eigenvalue weighted by Gasteiger charge is -2.14. The van der Waals surface area contributed by atoms with E-state index in [2.05, 4.69) is 24.3 Å². The van der Waals surface area contributed by atoms with Crippen molar-refractivity contribution in [2.45, 2.75) is 12.3 Å². The Hall–Kier alpha value is -3.44. The Balaban J connectivity index is 1.61. The summed E-state index contributed by atoms with van der Waals surface area (Å²) in [4.78, 5) is 19.9. The number of amides is 1. The van der Waals surface area contributed by atoms with Crippen molar-refractivity contribution in [3.8, 4) is 5.75 Å². The summed E-state index contributed by atoms with van der Waals surface area (Å²) in [5, 5.41) is 2.99. The molecule has 158 valence electrons. The highest BCUT2D eigenvalue weighted by Crippen LogP contribution is 2.36. The smallest absolute Gasteiger partial charge is 0.238 e. The summed E-state index contributed by atoms with van der Waals surface area (Å²) in [5.41, 5.74) is 4.27. The number of rotatable bonds is 8. The minimum Gasteiger partial charge on any atom is -0.494 e. The second-order valence-corrected chi connectivity index (χ2v) is 7.87. The lowest BCUT2D eigenvalue weighted by atomic mass is 9.90. The first kappa shape index (κ1) is 20.8. The van der Waals surface area contributed by atoms with E-state index in [0.717, 1.165) is 46.9 Å². The van der Waals surface area contributed by atoms with Crippen molar-refractivity contribution >= 4 is 23.0 Å². The number of nitrogens with one attached hydrogen (secondary N) is 1. The molecule has 0 spiro atoms. The zero-order valence-corrected chi connectivity index (χ0v) is 17.9. The Bertz CT molecular complexity index is 1060. The molecule has 0 saturated heterocycles. The molecule has 5 heteroatoms. The van der Waals surface area contributed by atoms with Crippen LogP contribution in [0, 0.1) is 0 Å². The van der Waals surface area contributed by atoms with E-state index in [-0.39, 0.29) is 5.91 Å². The van der Waals surface area contributed by atoms with Crippen molar-refractivity contribution in [3.63, 3.8) is 0 Å². The van der Waals surface area contributed by atoms with Gasteiger partial charge in [-0.2, -0.15) is 0 Å². The lowest BCUT2D eigenvalue weighted by Crippen LogP contribution is -2.21. The molecule has 0 radical (unpaired) electrons. The predicted octanol–water partition coefficient (Wildman–Crippen LogP) is 4.87. The molecular weight excluding hydrogens is 386 g/mol. The van der Waals surface area contributed by atoms with Crippen LogP contribution in [0.2, 0.25) is 0 Å². The van der Waals surface area contributed by atoms with Crippen LogP contribution in [-0.2, 0) is 4.79 Å². The van der Waals surface area contributed by atoms with Crippen molar-refractivity contribution < 1.29 is 9.53 Å². The van der Waals surface area contributed by atoms with Crippen LogP contribution in [0.15, 0.2) is 83.9 Å². The first-order valence-electron chi connectivity index (χ1n) is 10.5. The third-order valence-electron chi connectivity index (χ3n) is 5.24. The van der Waals surface area contributed by atoms with Crippen molar-refractivity contribution in [2.75, 3.05) is 32.6 Å². The number of nitrogens with zero attached hydrogens (tertiary/aromatic N) is 2. The molecule has 4 rings (SSSR count). The number of carbonyl (C=O) groups excluding carboxylic acids is 1. The third kappa shape index (κ3) is 5.01. The zero-order chi connectivity index (χ0) is 21.6. The number of para-hydroxylation sites is 1. The molecule has 31 heavy (non-hydrogen) atoms. The molecule has 1 unspecified atom stereocenters. The largest absolute Gasteiger partial charge is 0.494 e. The van der Waals surface area contributed by atoms with Gasteiger partial charge in [0.1, 0.15) is 11.7 Å². The number of hydrogen-bond donors (Lipinski definition) is 1. The Kier molecular flexibility index (Phi) is 6.43. The normalized spacial score (nSPS) is 15.6. The molecule has 1 aliphatic rings. The number of benzene rings is 3. The first-order chi connectivity index (χ1) is 15.1. The van der Waals surface area contributed by atoms with Gasteiger partial charge >= 0.3 is 0 Å². The minimum atomic E-state index is -0.444. The molecule has 0 bridgehead atoms. The van der Waals surface area contributed by atoms with Crippen LogP contribution < -0.4 is 10.1 Å². The van der Waals surface area contributed by atoms with Crippen molar-refractivity contribution in [1.82, 2.24) is 4.90 Å². The Labute approximate surface area is 183 Å². The third-order valence-corrected chi connectivity index (χ3v) is 5.24. The molecule has 1 heterocycles. The summed E-state index contributed by atoms with van der Waals surface area (Å²) in [6, 6.07) is 25.4. The molecule has 3 aromatic rings. The second-order valence-electron chi connectivity index (χ2n) is 7.87. The fourth-order valence-corrected chi connectivity index (χ4v) is 3.71. The monoisotopic (exact) mass is 413 g/mol. The van der Waals surface area contributed by atoms with Crippen LogP contribution in [0.25, 0.3) is 0 Å². The van der Waals surface area contributed by atoms with Gasteiger partial charge in [0, 0.05) is 12.2 Å². The van der Waals surface area contributed by atoms with Gasteiger partial charge in [-0.25, -0.2) is 0 Å². The Morgan fingerprint density at radius 2 is 1.68 bits per heavy atom. The van der Waals surface area contributed by atoms with Crippen LogP contribution in [-0.4, -0.2) is 43.8 Å². The maximum Gasteiger partial charge on any atom is 0.238 e. The number of hydrogen-bond acceptors (Lipinski definition) is 4.